The number of methoxy groups -OCH3 is 1. The second-order valence-corrected chi connectivity index (χ2v) is 17.4. The summed E-state index contributed by atoms with van der Waals surface area (Å²) in [4.78, 5) is 13.3. The van der Waals surface area contributed by atoms with Crippen molar-refractivity contribution in [3.05, 3.63) is 39.7 Å². The molecule has 0 radical (unpaired) electrons. The number of hydrogen-bond acceptors (Lipinski definition) is 8. The molecule has 1 aliphatic rings. The molecule has 0 saturated heterocycles. The lowest BCUT2D eigenvalue weighted by Gasteiger charge is -2.37. The first-order valence-electron chi connectivity index (χ1n) is 11.4. The van der Waals surface area contributed by atoms with E-state index in [1.807, 2.05) is 19.9 Å². The van der Waals surface area contributed by atoms with Gasteiger partial charge in [0.1, 0.15) is 21.6 Å². The predicted molar refractivity (Wildman–Crippen MR) is 143 cm³/mol. The lowest BCUT2D eigenvalue weighted by Crippen LogP contribution is -2.42. The maximum absolute atomic E-state index is 12.3. The van der Waals surface area contributed by atoms with Crippen molar-refractivity contribution in [3.63, 3.8) is 0 Å². The lowest BCUT2D eigenvalue weighted by molar-refractivity contribution is -0.135. The molecule has 0 amide bonds. The third-order valence-corrected chi connectivity index (χ3v) is 13.7. The van der Waals surface area contributed by atoms with Crippen LogP contribution >= 0.6 is 23.1 Å². The molecule has 1 aromatic carbocycles. The minimum atomic E-state index is -1.93. The van der Waals surface area contributed by atoms with Crippen LogP contribution in [0.1, 0.15) is 51.5 Å². The number of carbonyl (C=O) groups is 1. The molecule has 0 aliphatic carbocycles. The van der Waals surface area contributed by atoms with Gasteiger partial charge >= 0.3 is 5.97 Å². The lowest BCUT2D eigenvalue weighted by atomic mass is 10.1. The molecule has 9 heteroatoms. The second-order valence-electron chi connectivity index (χ2n) is 10.2. The smallest absolute Gasteiger partial charge is 0.345 e. The average Bonchev–Trinajstić information content (AvgIpc) is 3.36. The fraction of sp³-hybridized carbons (Fsp3) is 0.520. The molecule has 34 heavy (non-hydrogen) atoms. The molecular formula is C25H34N2O4S2Si. The van der Waals surface area contributed by atoms with Gasteiger partial charge in [-0.25, -0.2) is 4.79 Å². The standard InChI is InChI=1S/C25H34N2O4S2Si/c1-16(2)31-19-11-17-13-21(32-22(17)18(12-19)14-26)25(27-15-20(33-25)23(28)29-6)9-10-30-34(7,8)24(3,4)5/h11-13,15-16,27H,9-10H2,1-8H3. The summed E-state index contributed by atoms with van der Waals surface area (Å²) in [5.41, 5.74) is 0.584. The van der Waals surface area contributed by atoms with Gasteiger partial charge < -0.3 is 19.2 Å². The summed E-state index contributed by atoms with van der Waals surface area (Å²) in [7, 11) is -0.540. The third-order valence-electron chi connectivity index (χ3n) is 6.31. The molecule has 0 saturated carbocycles. The Morgan fingerprint density at radius 1 is 1.26 bits per heavy atom. The summed E-state index contributed by atoms with van der Waals surface area (Å²) in [5.74, 6) is 0.315. The zero-order chi connectivity index (χ0) is 25.3. The van der Waals surface area contributed by atoms with E-state index in [0.717, 1.165) is 15.0 Å². The third kappa shape index (κ3) is 5.46. The summed E-state index contributed by atoms with van der Waals surface area (Å²) in [6.45, 7) is 15.6. The number of thiophene rings is 1. The first-order valence-corrected chi connectivity index (χ1v) is 15.9. The number of fused-ring (bicyclic) bond motifs is 1. The predicted octanol–water partition coefficient (Wildman–Crippen LogP) is 6.48. The number of ether oxygens (including phenoxy) is 2. The van der Waals surface area contributed by atoms with Crippen LogP contribution in [-0.2, 0) is 18.8 Å². The average molecular weight is 519 g/mol. The van der Waals surface area contributed by atoms with E-state index in [4.69, 9.17) is 13.9 Å². The van der Waals surface area contributed by atoms with Crippen LogP contribution in [0.3, 0.4) is 0 Å². The molecule has 1 atom stereocenters. The number of nitriles is 1. The first-order chi connectivity index (χ1) is 15.8. The SMILES string of the molecule is COC(=O)C1=CNC(CCO[Si](C)(C)C(C)(C)C)(c2cc3cc(OC(C)C)cc(C#N)c3s2)S1. The summed E-state index contributed by atoms with van der Waals surface area (Å²) in [6.07, 6.45) is 2.40. The largest absolute Gasteiger partial charge is 0.491 e. The van der Waals surface area contributed by atoms with Crippen LogP contribution in [0.15, 0.2) is 29.3 Å². The number of carbonyl (C=O) groups excluding carboxylic acids is 1. The molecule has 3 rings (SSSR count). The Kier molecular flexibility index (Phi) is 7.78. The van der Waals surface area contributed by atoms with Gasteiger partial charge in [0.25, 0.3) is 0 Å². The summed E-state index contributed by atoms with van der Waals surface area (Å²) >= 11 is 3.02. The Morgan fingerprint density at radius 3 is 2.56 bits per heavy atom. The normalized spacial score (nSPS) is 18.5. The van der Waals surface area contributed by atoms with E-state index in [1.165, 1.54) is 18.9 Å². The topological polar surface area (TPSA) is 80.6 Å². The molecule has 1 N–H and O–H groups in total. The molecule has 0 fully saturated rings. The van der Waals surface area contributed by atoms with Gasteiger partial charge in [0.05, 0.1) is 23.5 Å². The number of nitrogens with zero attached hydrogens (tertiary/aromatic N) is 1. The summed E-state index contributed by atoms with van der Waals surface area (Å²) < 4.78 is 18.2. The quantitative estimate of drug-likeness (QED) is 0.316. The molecule has 1 unspecified atom stereocenters. The number of nitrogens with one attached hydrogen (secondary N) is 1. The van der Waals surface area contributed by atoms with E-state index in [0.29, 0.717) is 29.2 Å². The Bertz CT molecular complexity index is 1140. The first kappa shape index (κ1) is 26.6. The van der Waals surface area contributed by atoms with Gasteiger partial charge in [-0.2, -0.15) is 5.26 Å². The molecule has 6 nitrogen and oxygen atoms in total. The monoisotopic (exact) mass is 518 g/mol. The molecular weight excluding hydrogens is 485 g/mol. The fourth-order valence-corrected chi connectivity index (χ4v) is 7.01. The van der Waals surface area contributed by atoms with Gasteiger partial charge in [-0.05, 0) is 55.6 Å². The van der Waals surface area contributed by atoms with Gasteiger partial charge in [0, 0.05) is 24.1 Å². The van der Waals surface area contributed by atoms with Crippen LogP contribution in [0.5, 0.6) is 5.75 Å². The van der Waals surface area contributed by atoms with E-state index in [9.17, 15) is 10.1 Å². The highest BCUT2D eigenvalue weighted by Crippen LogP contribution is 2.50. The Hall–Kier alpha value is -1.99. The zero-order valence-electron chi connectivity index (χ0n) is 21.2. The minimum absolute atomic E-state index is 0.0137. The number of thioether (sulfide) groups is 1. The van der Waals surface area contributed by atoms with Gasteiger partial charge in [-0.1, -0.05) is 32.5 Å². The van der Waals surface area contributed by atoms with E-state index in [1.54, 1.807) is 23.6 Å². The van der Waals surface area contributed by atoms with Crippen LogP contribution in [0.25, 0.3) is 10.1 Å². The highest BCUT2D eigenvalue weighted by molar-refractivity contribution is 8.05. The van der Waals surface area contributed by atoms with E-state index in [2.05, 4.69) is 51.3 Å². The van der Waals surface area contributed by atoms with Crippen molar-refractivity contribution >= 4 is 47.5 Å². The number of benzene rings is 1. The van der Waals surface area contributed by atoms with Gasteiger partial charge in [-0.3, -0.25) is 0 Å². The van der Waals surface area contributed by atoms with Gasteiger partial charge in [0.15, 0.2) is 8.32 Å². The van der Waals surface area contributed by atoms with Crippen molar-refractivity contribution in [2.75, 3.05) is 13.7 Å². The van der Waals surface area contributed by atoms with E-state index < -0.39 is 13.2 Å². The Labute approximate surface area is 211 Å². The Morgan fingerprint density at radius 2 is 1.97 bits per heavy atom. The minimum Gasteiger partial charge on any atom is -0.491 e. The molecule has 184 valence electrons. The van der Waals surface area contributed by atoms with Crippen molar-refractivity contribution in [3.8, 4) is 11.8 Å². The number of hydrogen-bond donors (Lipinski definition) is 1. The van der Waals surface area contributed by atoms with Crippen LogP contribution in [-0.4, -0.2) is 34.1 Å². The fourth-order valence-electron chi connectivity index (χ4n) is 3.41. The van der Waals surface area contributed by atoms with Crippen molar-refractivity contribution in [2.24, 2.45) is 0 Å². The van der Waals surface area contributed by atoms with E-state index >= 15 is 0 Å². The van der Waals surface area contributed by atoms with Crippen LogP contribution in [0, 0.1) is 11.3 Å². The number of esters is 1. The zero-order valence-corrected chi connectivity index (χ0v) is 23.8. The highest BCUT2D eigenvalue weighted by Gasteiger charge is 2.43. The van der Waals surface area contributed by atoms with Gasteiger partial charge in [-0.15, -0.1) is 11.3 Å². The summed E-state index contributed by atoms with van der Waals surface area (Å²) in [5, 5.41) is 14.3. The summed E-state index contributed by atoms with van der Waals surface area (Å²) in [6, 6.07) is 8.18. The molecule has 2 aromatic rings. The molecule has 1 aliphatic heterocycles. The maximum Gasteiger partial charge on any atom is 0.345 e. The van der Waals surface area contributed by atoms with Crippen molar-refractivity contribution < 1.29 is 18.7 Å². The van der Waals surface area contributed by atoms with Crippen LogP contribution in [0.2, 0.25) is 18.1 Å². The van der Waals surface area contributed by atoms with E-state index in [-0.39, 0.29) is 17.1 Å². The van der Waals surface area contributed by atoms with Crippen molar-refractivity contribution in [1.82, 2.24) is 5.32 Å². The van der Waals surface area contributed by atoms with Crippen LogP contribution in [0.4, 0.5) is 0 Å². The molecule has 2 heterocycles. The van der Waals surface area contributed by atoms with Crippen LogP contribution < -0.4 is 10.1 Å². The second kappa shape index (κ2) is 9.94. The molecule has 0 spiro atoms. The molecule has 0 bridgehead atoms. The van der Waals surface area contributed by atoms with Gasteiger partial charge in [0.2, 0.25) is 0 Å². The van der Waals surface area contributed by atoms with Crippen molar-refractivity contribution in [1.29, 1.82) is 5.26 Å². The number of rotatable bonds is 8. The highest BCUT2D eigenvalue weighted by atomic mass is 32.2. The molecule has 1 aromatic heterocycles. The maximum atomic E-state index is 12.3. The van der Waals surface area contributed by atoms with Crippen molar-refractivity contribution in [2.45, 2.75) is 70.1 Å². The Balaban J connectivity index is 1.98.